The number of ether oxygens (including phenoxy) is 3. The Kier molecular flexibility index (Phi) is 11.1. The molecule has 262 valence electrons. The van der Waals surface area contributed by atoms with Gasteiger partial charge in [0.1, 0.15) is 11.6 Å². The Hall–Kier alpha value is -4.34. The highest BCUT2D eigenvalue weighted by molar-refractivity contribution is 5.94. The molecule has 6 rings (SSSR count). The first kappa shape index (κ1) is 35.5. The van der Waals surface area contributed by atoms with E-state index in [1.165, 1.54) is 0 Å². The zero-order valence-electron chi connectivity index (χ0n) is 29.4. The summed E-state index contributed by atoms with van der Waals surface area (Å²) in [5, 5.41) is 12.7. The van der Waals surface area contributed by atoms with E-state index in [9.17, 15) is 14.7 Å². The summed E-state index contributed by atoms with van der Waals surface area (Å²) in [5.41, 5.74) is 5.85. The van der Waals surface area contributed by atoms with Crippen molar-refractivity contribution in [2.75, 3.05) is 13.1 Å². The third kappa shape index (κ3) is 8.68. The minimum Gasteiger partial charge on any atom is -0.459 e. The smallest absolute Gasteiger partial charge is 0.323 e. The van der Waals surface area contributed by atoms with Crippen LogP contribution in [0.1, 0.15) is 85.5 Å². The Morgan fingerprint density at radius 3 is 2.30 bits per heavy atom. The van der Waals surface area contributed by atoms with E-state index >= 15 is 0 Å². The van der Waals surface area contributed by atoms with Gasteiger partial charge in [-0.05, 0) is 92.2 Å². The van der Waals surface area contributed by atoms with Crippen molar-refractivity contribution in [1.82, 2.24) is 10.2 Å². The molecule has 2 aliphatic rings. The molecule has 2 heterocycles. The molecule has 0 bridgehead atoms. The summed E-state index contributed by atoms with van der Waals surface area (Å²) in [6.45, 7) is 9.61. The van der Waals surface area contributed by atoms with Gasteiger partial charge in [-0.25, -0.2) is 0 Å². The standard InChI is InChI=1S/C42H48N2O6/c1-28-37(26-44-22-10-17-36(44)40(47)50-42(2,3)4)48-41(49-38(28)31-20-18-29(27-45)19-21-31)35-16-9-15-34(24-35)33-14-8-11-30(23-33)25-43-39(46)32-12-6-5-7-13-32/h5-9,11-16,18-21,23-24,28,36-38,41,45H,10,17,22,25-27H2,1-4H3,(H,43,46)/t28-,36-,37+,38+,41+/m0/s1. The number of aliphatic hydroxyl groups is 1. The average Bonchev–Trinajstić information content (AvgIpc) is 3.60. The number of hydrogen-bond donors (Lipinski definition) is 2. The second-order valence-electron chi connectivity index (χ2n) is 14.4. The van der Waals surface area contributed by atoms with Gasteiger partial charge in [-0.2, -0.15) is 0 Å². The summed E-state index contributed by atoms with van der Waals surface area (Å²) in [6, 6.07) is 33.2. The van der Waals surface area contributed by atoms with E-state index < -0.39 is 11.9 Å². The number of carbonyl (C=O) groups excluding carboxylic acids is 2. The Bertz CT molecular complexity index is 1750. The molecule has 0 radical (unpaired) electrons. The summed E-state index contributed by atoms with van der Waals surface area (Å²) in [4.78, 5) is 28.0. The van der Waals surface area contributed by atoms with Gasteiger partial charge in [-0.3, -0.25) is 14.5 Å². The molecule has 0 spiro atoms. The Balaban J connectivity index is 1.23. The molecule has 1 amide bonds. The number of likely N-dealkylation sites (tertiary alicyclic amines) is 1. The number of aliphatic hydroxyl groups excluding tert-OH is 1. The molecule has 0 saturated carbocycles. The fraction of sp³-hybridized carbons (Fsp3) is 0.381. The molecular weight excluding hydrogens is 628 g/mol. The molecule has 8 nitrogen and oxygen atoms in total. The minimum absolute atomic E-state index is 0.0166. The number of esters is 1. The molecule has 50 heavy (non-hydrogen) atoms. The minimum atomic E-state index is -0.644. The number of amides is 1. The van der Waals surface area contributed by atoms with Crippen molar-refractivity contribution in [2.24, 2.45) is 5.92 Å². The number of nitrogens with zero attached hydrogens (tertiary/aromatic N) is 1. The van der Waals surface area contributed by atoms with E-state index in [-0.39, 0.29) is 42.7 Å². The van der Waals surface area contributed by atoms with Gasteiger partial charge in [0.2, 0.25) is 0 Å². The van der Waals surface area contributed by atoms with E-state index in [1.807, 2.05) is 87.5 Å². The predicted octanol–water partition coefficient (Wildman–Crippen LogP) is 7.37. The molecular formula is C42H48N2O6. The van der Waals surface area contributed by atoms with Crippen LogP contribution in [0.2, 0.25) is 0 Å². The second-order valence-corrected chi connectivity index (χ2v) is 14.4. The summed E-state index contributed by atoms with van der Waals surface area (Å²) >= 11 is 0. The Labute approximate surface area is 295 Å². The highest BCUT2D eigenvalue weighted by Gasteiger charge is 2.42. The quantitative estimate of drug-likeness (QED) is 0.169. The van der Waals surface area contributed by atoms with Crippen LogP contribution in [0.3, 0.4) is 0 Å². The van der Waals surface area contributed by atoms with Gasteiger partial charge in [0, 0.05) is 30.1 Å². The number of hydrogen-bond acceptors (Lipinski definition) is 7. The van der Waals surface area contributed by atoms with Gasteiger partial charge in [0.15, 0.2) is 6.29 Å². The van der Waals surface area contributed by atoms with Crippen molar-refractivity contribution < 1.29 is 28.9 Å². The van der Waals surface area contributed by atoms with Crippen molar-refractivity contribution in [3.05, 3.63) is 131 Å². The van der Waals surface area contributed by atoms with Gasteiger partial charge in [-0.1, -0.05) is 85.8 Å². The third-order valence-corrected chi connectivity index (χ3v) is 9.49. The van der Waals surface area contributed by atoms with Gasteiger partial charge in [0.05, 0.1) is 18.8 Å². The van der Waals surface area contributed by atoms with Crippen LogP contribution in [0, 0.1) is 5.92 Å². The lowest BCUT2D eigenvalue weighted by Crippen LogP contribution is -2.48. The molecule has 0 aromatic heterocycles. The Morgan fingerprint density at radius 1 is 0.860 bits per heavy atom. The van der Waals surface area contributed by atoms with Gasteiger partial charge < -0.3 is 24.6 Å². The van der Waals surface area contributed by atoms with Crippen molar-refractivity contribution in [2.45, 2.75) is 83.8 Å². The first-order chi connectivity index (χ1) is 24.1. The highest BCUT2D eigenvalue weighted by Crippen LogP contribution is 2.43. The third-order valence-electron chi connectivity index (χ3n) is 9.49. The van der Waals surface area contributed by atoms with E-state index in [0.29, 0.717) is 18.7 Å². The lowest BCUT2D eigenvalue weighted by Gasteiger charge is -2.43. The van der Waals surface area contributed by atoms with Crippen LogP contribution in [0.5, 0.6) is 0 Å². The SMILES string of the molecule is C[C@H]1[C@@H](CN2CCC[C@H]2C(=O)OC(C)(C)C)O[C@@H](c2cccc(-c3cccc(CNC(=O)c4ccccc4)c3)c2)O[C@H]1c1ccc(CO)cc1. The molecule has 2 saturated heterocycles. The second kappa shape index (κ2) is 15.7. The number of carbonyl (C=O) groups is 2. The first-order valence-corrected chi connectivity index (χ1v) is 17.6. The highest BCUT2D eigenvalue weighted by atomic mass is 16.7. The molecule has 8 heteroatoms. The van der Waals surface area contributed by atoms with Crippen molar-refractivity contribution >= 4 is 11.9 Å². The maximum absolute atomic E-state index is 13.2. The summed E-state index contributed by atoms with van der Waals surface area (Å²) in [6.07, 6.45) is 0.552. The van der Waals surface area contributed by atoms with E-state index in [2.05, 4.69) is 41.4 Å². The van der Waals surface area contributed by atoms with Crippen LogP contribution in [0.25, 0.3) is 11.1 Å². The van der Waals surface area contributed by atoms with Crippen molar-refractivity contribution in [3.8, 4) is 11.1 Å². The maximum atomic E-state index is 13.2. The first-order valence-electron chi connectivity index (χ1n) is 17.6. The van der Waals surface area contributed by atoms with Crippen molar-refractivity contribution in [1.29, 1.82) is 0 Å². The largest absolute Gasteiger partial charge is 0.459 e. The molecule has 4 aromatic carbocycles. The average molecular weight is 677 g/mol. The fourth-order valence-corrected chi connectivity index (χ4v) is 6.84. The lowest BCUT2D eigenvalue weighted by molar-refractivity contribution is -0.276. The van der Waals surface area contributed by atoms with Gasteiger partial charge in [0.25, 0.3) is 5.91 Å². The van der Waals surface area contributed by atoms with Gasteiger partial charge in [-0.15, -0.1) is 0 Å². The van der Waals surface area contributed by atoms with Crippen LogP contribution in [-0.4, -0.2) is 52.7 Å². The molecule has 4 aromatic rings. The van der Waals surface area contributed by atoms with Gasteiger partial charge >= 0.3 is 5.97 Å². The van der Waals surface area contributed by atoms with Crippen molar-refractivity contribution in [3.63, 3.8) is 0 Å². The van der Waals surface area contributed by atoms with Crippen LogP contribution >= 0.6 is 0 Å². The lowest BCUT2D eigenvalue weighted by atomic mass is 9.89. The number of benzene rings is 4. The zero-order chi connectivity index (χ0) is 35.3. The normalized spacial score (nSPS) is 22.6. The topological polar surface area (TPSA) is 97.3 Å². The summed E-state index contributed by atoms with van der Waals surface area (Å²) in [5.74, 6) is -0.311. The van der Waals surface area contributed by atoms with Crippen LogP contribution in [0.15, 0.2) is 103 Å². The summed E-state index contributed by atoms with van der Waals surface area (Å²) in [7, 11) is 0. The number of nitrogens with one attached hydrogen (secondary N) is 1. The molecule has 2 N–H and O–H groups in total. The van der Waals surface area contributed by atoms with Crippen LogP contribution in [0.4, 0.5) is 0 Å². The molecule has 2 aliphatic heterocycles. The molecule has 0 unspecified atom stereocenters. The van der Waals surface area contributed by atoms with Crippen LogP contribution < -0.4 is 5.32 Å². The van der Waals surface area contributed by atoms with E-state index in [4.69, 9.17) is 14.2 Å². The monoisotopic (exact) mass is 676 g/mol. The zero-order valence-corrected chi connectivity index (χ0v) is 29.4. The maximum Gasteiger partial charge on any atom is 0.323 e. The fourth-order valence-electron chi connectivity index (χ4n) is 6.84. The predicted molar refractivity (Wildman–Crippen MR) is 193 cm³/mol. The Morgan fingerprint density at radius 2 is 1.58 bits per heavy atom. The molecule has 0 aliphatic carbocycles. The molecule has 2 fully saturated rings. The van der Waals surface area contributed by atoms with E-state index in [1.54, 1.807) is 12.1 Å². The summed E-state index contributed by atoms with van der Waals surface area (Å²) < 4.78 is 19.3. The number of rotatable bonds is 10. The molecule has 5 atom stereocenters. The van der Waals surface area contributed by atoms with E-state index in [0.717, 1.165) is 52.8 Å². The van der Waals surface area contributed by atoms with Crippen LogP contribution in [-0.2, 0) is 32.2 Å².